The summed E-state index contributed by atoms with van der Waals surface area (Å²) in [6.07, 6.45) is 1.75. The lowest BCUT2D eigenvalue weighted by Crippen LogP contribution is -2.08. The van der Waals surface area contributed by atoms with Crippen molar-refractivity contribution in [3.63, 3.8) is 0 Å². The van der Waals surface area contributed by atoms with Crippen molar-refractivity contribution >= 4 is 5.70 Å². The summed E-state index contributed by atoms with van der Waals surface area (Å²) in [7, 11) is 3.95. The summed E-state index contributed by atoms with van der Waals surface area (Å²) in [5.41, 5.74) is 5.89. The third kappa shape index (κ3) is 3.78. The number of aryl methyl sites for hydroxylation is 1. The first-order valence-electron chi connectivity index (χ1n) is 9.23. The van der Waals surface area contributed by atoms with Crippen molar-refractivity contribution in [1.29, 1.82) is 0 Å². The minimum atomic E-state index is 0.355. The van der Waals surface area contributed by atoms with Crippen LogP contribution >= 0.6 is 0 Å². The predicted octanol–water partition coefficient (Wildman–Crippen LogP) is 4.70. The van der Waals surface area contributed by atoms with Crippen LogP contribution in [0.2, 0.25) is 0 Å². The first-order chi connectivity index (χ1) is 14.0. The van der Waals surface area contributed by atoms with Gasteiger partial charge < -0.3 is 9.32 Å². The average molecular weight is 383 g/mol. The van der Waals surface area contributed by atoms with Crippen LogP contribution in [-0.2, 0) is 0 Å². The molecule has 0 atom stereocenters. The molecule has 0 unspecified atom stereocenters. The summed E-state index contributed by atoms with van der Waals surface area (Å²) >= 11 is 0. The van der Waals surface area contributed by atoms with Gasteiger partial charge in [0.05, 0.1) is 17.6 Å². The summed E-state index contributed by atoms with van der Waals surface area (Å²) < 4.78 is 5.86. The minimum absolute atomic E-state index is 0.355. The van der Waals surface area contributed by atoms with E-state index in [2.05, 4.69) is 21.8 Å². The maximum absolute atomic E-state index is 5.86. The molecule has 6 heteroatoms. The Morgan fingerprint density at radius 3 is 2.28 bits per heavy atom. The molecular weight excluding hydrogens is 362 g/mol. The topological polar surface area (TPSA) is 67.9 Å². The van der Waals surface area contributed by atoms with Crippen LogP contribution in [0, 0.1) is 6.92 Å². The van der Waals surface area contributed by atoms with Crippen LogP contribution in [0.15, 0.2) is 71.8 Å². The summed E-state index contributed by atoms with van der Waals surface area (Å²) in [6.45, 7) is 5.97. The van der Waals surface area contributed by atoms with E-state index in [9.17, 15) is 0 Å². The Balaban J connectivity index is 1.67. The third-order valence-corrected chi connectivity index (χ3v) is 4.66. The number of rotatable bonds is 5. The van der Waals surface area contributed by atoms with Gasteiger partial charge in [0.2, 0.25) is 5.89 Å². The average Bonchev–Trinajstić information content (AvgIpc) is 3.24. The van der Waals surface area contributed by atoms with E-state index >= 15 is 0 Å². The van der Waals surface area contributed by atoms with Crippen LogP contribution in [0.5, 0.6) is 0 Å². The smallest absolute Gasteiger partial charge is 0.268 e. The fourth-order valence-corrected chi connectivity index (χ4v) is 2.90. The van der Waals surface area contributed by atoms with Gasteiger partial charge in [0.25, 0.3) is 5.89 Å². The molecule has 0 aliphatic rings. The zero-order valence-corrected chi connectivity index (χ0v) is 16.6. The highest BCUT2D eigenvalue weighted by molar-refractivity contribution is 5.68. The summed E-state index contributed by atoms with van der Waals surface area (Å²) in [6, 6.07) is 17.7. The van der Waals surface area contributed by atoms with Gasteiger partial charge in [-0.3, -0.25) is 4.98 Å². The van der Waals surface area contributed by atoms with E-state index < -0.39 is 0 Å². The first kappa shape index (κ1) is 18.6. The lowest BCUT2D eigenvalue weighted by Gasteiger charge is -2.16. The molecule has 0 saturated carbocycles. The van der Waals surface area contributed by atoms with Gasteiger partial charge in [-0.05, 0) is 24.6 Å². The predicted molar refractivity (Wildman–Crippen MR) is 114 cm³/mol. The van der Waals surface area contributed by atoms with Crippen LogP contribution in [0.1, 0.15) is 11.3 Å². The SMILES string of the molecule is C=C(c1ccc(-c2cnc(C)c(-c3nnc(-c4ccccc4)o3)n2)cc1)N(C)C. The fourth-order valence-electron chi connectivity index (χ4n) is 2.90. The quantitative estimate of drug-likeness (QED) is 0.497. The minimum Gasteiger partial charge on any atom is -0.415 e. The van der Waals surface area contributed by atoms with Crippen molar-refractivity contribution in [1.82, 2.24) is 25.1 Å². The first-order valence-corrected chi connectivity index (χ1v) is 9.23. The Kier molecular flexibility index (Phi) is 4.91. The molecule has 0 saturated heterocycles. The van der Waals surface area contributed by atoms with E-state index in [1.807, 2.05) is 80.5 Å². The number of aromatic nitrogens is 4. The Hall–Kier alpha value is -3.80. The largest absolute Gasteiger partial charge is 0.415 e. The Morgan fingerprint density at radius 1 is 0.897 bits per heavy atom. The van der Waals surface area contributed by atoms with E-state index in [4.69, 9.17) is 9.40 Å². The molecule has 29 heavy (non-hydrogen) atoms. The molecule has 6 nitrogen and oxygen atoms in total. The number of benzene rings is 2. The molecule has 0 fully saturated rings. The second-order valence-corrected chi connectivity index (χ2v) is 6.89. The van der Waals surface area contributed by atoms with Gasteiger partial charge in [-0.15, -0.1) is 10.2 Å². The van der Waals surface area contributed by atoms with Crippen LogP contribution in [-0.4, -0.2) is 39.2 Å². The molecule has 4 rings (SSSR count). The van der Waals surface area contributed by atoms with Crippen molar-refractivity contribution in [3.05, 3.63) is 78.6 Å². The van der Waals surface area contributed by atoms with Crippen LogP contribution in [0.4, 0.5) is 0 Å². The van der Waals surface area contributed by atoms with E-state index in [-0.39, 0.29) is 0 Å². The molecule has 2 heterocycles. The molecule has 0 amide bonds. The molecule has 144 valence electrons. The van der Waals surface area contributed by atoms with Gasteiger partial charge >= 0.3 is 0 Å². The fraction of sp³-hybridized carbons (Fsp3) is 0.130. The Labute approximate surface area is 169 Å². The Morgan fingerprint density at radius 2 is 1.59 bits per heavy atom. The molecule has 0 spiro atoms. The molecule has 0 radical (unpaired) electrons. The van der Waals surface area contributed by atoms with E-state index in [0.29, 0.717) is 17.5 Å². The lowest BCUT2D eigenvalue weighted by molar-refractivity contribution is 0.581. The van der Waals surface area contributed by atoms with Gasteiger partial charge in [-0.1, -0.05) is 49.0 Å². The molecule has 4 aromatic rings. The van der Waals surface area contributed by atoms with Gasteiger partial charge in [0, 0.05) is 30.9 Å². The molecule has 0 aliphatic carbocycles. The molecule has 0 aliphatic heterocycles. The maximum Gasteiger partial charge on any atom is 0.268 e. The molecular formula is C23H21N5O. The zero-order chi connectivity index (χ0) is 20.4. The maximum atomic E-state index is 5.86. The second kappa shape index (κ2) is 7.67. The highest BCUT2D eigenvalue weighted by atomic mass is 16.4. The normalized spacial score (nSPS) is 10.7. The zero-order valence-electron chi connectivity index (χ0n) is 16.6. The number of hydrogen-bond acceptors (Lipinski definition) is 6. The number of nitrogens with zero attached hydrogens (tertiary/aromatic N) is 5. The van der Waals surface area contributed by atoms with E-state index in [1.165, 1.54) is 0 Å². The molecule has 0 bridgehead atoms. The molecule has 0 N–H and O–H groups in total. The summed E-state index contributed by atoms with van der Waals surface area (Å²) in [5, 5.41) is 8.33. The van der Waals surface area contributed by atoms with Crippen molar-refractivity contribution in [2.24, 2.45) is 0 Å². The molecule has 2 aromatic carbocycles. The standard InChI is InChI=1S/C23H21N5O/c1-15-21(23-27-26-22(29-23)19-8-6-5-7-9-19)25-20(14-24-15)18-12-10-17(11-13-18)16(2)28(3)4/h5-14H,2H2,1,3-4H3. The summed E-state index contributed by atoms with van der Waals surface area (Å²) in [4.78, 5) is 11.2. The monoisotopic (exact) mass is 383 g/mol. The van der Waals surface area contributed by atoms with E-state index in [1.54, 1.807) is 6.20 Å². The third-order valence-electron chi connectivity index (χ3n) is 4.66. The van der Waals surface area contributed by atoms with Crippen molar-refractivity contribution in [2.45, 2.75) is 6.92 Å². The van der Waals surface area contributed by atoms with Crippen molar-refractivity contribution < 1.29 is 4.42 Å². The van der Waals surface area contributed by atoms with Gasteiger partial charge in [-0.25, -0.2) is 4.98 Å². The van der Waals surface area contributed by atoms with Crippen LogP contribution < -0.4 is 0 Å². The van der Waals surface area contributed by atoms with Crippen LogP contribution in [0.3, 0.4) is 0 Å². The van der Waals surface area contributed by atoms with Crippen molar-refractivity contribution in [3.8, 4) is 34.3 Å². The second-order valence-electron chi connectivity index (χ2n) is 6.89. The van der Waals surface area contributed by atoms with Crippen LogP contribution in [0.25, 0.3) is 40.0 Å². The van der Waals surface area contributed by atoms with E-state index in [0.717, 1.165) is 33.8 Å². The highest BCUT2D eigenvalue weighted by Gasteiger charge is 2.16. The molecule has 2 aromatic heterocycles. The van der Waals surface area contributed by atoms with Crippen molar-refractivity contribution in [2.75, 3.05) is 14.1 Å². The Bertz CT molecular complexity index is 1150. The van der Waals surface area contributed by atoms with Gasteiger partial charge in [-0.2, -0.15) is 0 Å². The van der Waals surface area contributed by atoms with Gasteiger partial charge in [0.15, 0.2) is 0 Å². The van der Waals surface area contributed by atoms with Gasteiger partial charge in [0.1, 0.15) is 5.69 Å². The lowest BCUT2D eigenvalue weighted by atomic mass is 10.1. The number of hydrogen-bond donors (Lipinski definition) is 0. The summed E-state index contributed by atoms with van der Waals surface area (Å²) in [5.74, 6) is 0.812. The highest BCUT2D eigenvalue weighted by Crippen LogP contribution is 2.27.